The van der Waals surface area contributed by atoms with E-state index in [0.717, 1.165) is 16.8 Å². The number of rotatable bonds is 0. The molecule has 2 aromatic rings. The van der Waals surface area contributed by atoms with Gasteiger partial charge in [-0.05, 0) is 13.0 Å². The van der Waals surface area contributed by atoms with Crippen molar-refractivity contribution >= 4 is 22.6 Å². The fourth-order valence-corrected chi connectivity index (χ4v) is 2.04. The second-order valence-corrected chi connectivity index (χ2v) is 4.02. The highest BCUT2D eigenvalue weighted by Gasteiger charge is 2.20. The Balaban J connectivity index is 2.43. The Bertz CT molecular complexity index is 506. The zero-order chi connectivity index (χ0) is 9.71. The first-order chi connectivity index (χ1) is 6.75. The van der Waals surface area contributed by atoms with Crippen LogP contribution in [0.2, 0.25) is 5.02 Å². The van der Waals surface area contributed by atoms with Crippen LogP contribution in [0.3, 0.4) is 0 Å². The lowest BCUT2D eigenvalue weighted by Gasteiger charge is -2.22. The molecule has 0 spiro atoms. The smallest absolute Gasteiger partial charge is 0.146 e. The van der Waals surface area contributed by atoms with Crippen molar-refractivity contribution < 1.29 is 4.74 Å². The molecule has 1 aromatic carbocycles. The molecule has 1 aliphatic rings. The molecule has 2 heterocycles. The average Bonchev–Trinajstić information content (AvgIpc) is 2.56. The average molecular weight is 209 g/mol. The first kappa shape index (κ1) is 8.12. The molecule has 4 heteroatoms. The maximum Gasteiger partial charge on any atom is 0.146 e. The largest absolute Gasteiger partial charge is 0.489 e. The molecule has 0 fully saturated rings. The Morgan fingerprint density at radius 2 is 2.43 bits per heavy atom. The molecule has 0 saturated carbocycles. The highest BCUT2D eigenvalue weighted by Crippen LogP contribution is 2.34. The van der Waals surface area contributed by atoms with E-state index in [1.165, 1.54) is 0 Å². The lowest BCUT2D eigenvalue weighted by atomic mass is 10.2. The maximum atomic E-state index is 5.94. The quantitative estimate of drug-likeness (QED) is 0.666. The standard InChI is InChI=1S/C10H9ClN2O/c1-6-4-14-9-3-7(11)2-8-10(9)13(6)5-12-8/h2-3,5-6H,4H2,1H3/t6-/m0/s1. The SMILES string of the molecule is C[C@H]1COc2cc(Cl)cc3ncn1c23. The molecule has 0 radical (unpaired) electrons. The minimum absolute atomic E-state index is 0.341. The van der Waals surface area contributed by atoms with Gasteiger partial charge >= 0.3 is 0 Å². The van der Waals surface area contributed by atoms with Crippen molar-refractivity contribution in [3.8, 4) is 5.75 Å². The summed E-state index contributed by atoms with van der Waals surface area (Å²) in [5, 5.41) is 0.673. The summed E-state index contributed by atoms with van der Waals surface area (Å²) in [5.41, 5.74) is 1.95. The summed E-state index contributed by atoms with van der Waals surface area (Å²) in [4.78, 5) is 4.30. The van der Waals surface area contributed by atoms with Crippen LogP contribution in [0.5, 0.6) is 5.75 Å². The van der Waals surface area contributed by atoms with Gasteiger partial charge in [-0.3, -0.25) is 0 Å². The fraction of sp³-hybridized carbons (Fsp3) is 0.300. The molecular weight excluding hydrogens is 200 g/mol. The van der Waals surface area contributed by atoms with E-state index >= 15 is 0 Å². The number of hydrogen-bond donors (Lipinski definition) is 0. The minimum atomic E-state index is 0.341. The van der Waals surface area contributed by atoms with Gasteiger partial charge in [0.05, 0.1) is 17.9 Å². The Hall–Kier alpha value is -1.22. The monoisotopic (exact) mass is 208 g/mol. The molecule has 0 amide bonds. The van der Waals surface area contributed by atoms with E-state index in [1.807, 2.05) is 18.5 Å². The molecule has 1 aromatic heterocycles. The normalized spacial score (nSPS) is 19.7. The van der Waals surface area contributed by atoms with Crippen molar-refractivity contribution in [3.05, 3.63) is 23.5 Å². The number of nitrogens with zero attached hydrogens (tertiary/aromatic N) is 2. The number of imidazole rings is 1. The van der Waals surface area contributed by atoms with E-state index in [2.05, 4.69) is 16.5 Å². The van der Waals surface area contributed by atoms with Gasteiger partial charge in [-0.25, -0.2) is 4.98 Å². The molecule has 0 saturated heterocycles. The molecule has 72 valence electrons. The summed E-state index contributed by atoms with van der Waals surface area (Å²) in [6.07, 6.45) is 1.84. The molecule has 0 unspecified atom stereocenters. The van der Waals surface area contributed by atoms with Crippen molar-refractivity contribution in [2.24, 2.45) is 0 Å². The molecule has 1 aliphatic heterocycles. The molecule has 1 atom stereocenters. The van der Waals surface area contributed by atoms with Gasteiger partial charge < -0.3 is 9.30 Å². The Morgan fingerprint density at radius 1 is 1.57 bits per heavy atom. The van der Waals surface area contributed by atoms with Crippen molar-refractivity contribution in [3.63, 3.8) is 0 Å². The van der Waals surface area contributed by atoms with Crippen LogP contribution in [-0.4, -0.2) is 16.2 Å². The first-order valence-corrected chi connectivity index (χ1v) is 4.92. The third-order valence-corrected chi connectivity index (χ3v) is 2.77. The second-order valence-electron chi connectivity index (χ2n) is 3.58. The molecular formula is C10H9ClN2O. The molecule has 0 N–H and O–H groups in total. The second kappa shape index (κ2) is 2.64. The lowest BCUT2D eigenvalue weighted by Crippen LogP contribution is -2.18. The topological polar surface area (TPSA) is 27.1 Å². The maximum absolute atomic E-state index is 5.94. The van der Waals surface area contributed by atoms with E-state index in [-0.39, 0.29) is 0 Å². The first-order valence-electron chi connectivity index (χ1n) is 4.54. The highest BCUT2D eigenvalue weighted by molar-refractivity contribution is 6.31. The predicted octanol–water partition coefficient (Wildman–Crippen LogP) is 2.64. The van der Waals surface area contributed by atoms with E-state index in [9.17, 15) is 0 Å². The van der Waals surface area contributed by atoms with E-state index in [4.69, 9.17) is 16.3 Å². The van der Waals surface area contributed by atoms with Crippen LogP contribution in [0.15, 0.2) is 18.5 Å². The zero-order valence-electron chi connectivity index (χ0n) is 7.70. The zero-order valence-corrected chi connectivity index (χ0v) is 8.45. The van der Waals surface area contributed by atoms with Gasteiger partial charge in [-0.15, -0.1) is 0 Å². The number of ether oxygens (including phenoxy) is 1. The Morgan fingerprint density at radius 3 is 3.29 bits per heavy atom. The summed E-state index contributed by atoms with van der Waals surface area (Å²) in [6, 6.07) is 4.04. The molecule has 0 aliphatic carbocycles. The van der Waals surface area contributed by atoms with Gasteiger partial charge in [0.25, 0.3) is 0 Å². The van der Waals surface area contributed by atoms with Gasteiger partial charge in [0.1, 0.15) is 17.9 Å². The number of aromatic nitrogens is 2. The number of hydrogen-bond acceptors (Lipinski definition) is 2. The van der Waals surface area contributed by atoms with Crippen LogP contribution in [0.25, 0.3) is 11.0 Å². The van der Waals surface area contributed by atoms with Gasteiger partial charge in [-0.2, -0.15) is 0 Å². The minimum Gasteiger partial charge on any atom is -0.489 e. The van der Waals surface area contributed by atoms with Crippen molar-refractivity contribution in [1.29, 1.82) is 0 Å². The van der Waals surface area contributed by atoms with Crippen LogP contribution in [0.4, 0.5) is 0 Å². The van der Waals surface area contributed by atoms with Gasteiger partial charge in [0.15, 0.2) is 0 Å². The number of halogens is 1. The van der Waals surface area contributed by atoms with Gasteiger partial charge in [-0.1, -0.05) is 11.6 Å². The summed E-state index contributed by atoms with van der Waals surface area (Å²) >= 11 is 5.94. The predicted molar refractivity (Wildman–Crippen MR) is 54.9 cm³/mol. The fourth-order valence-electron chi connectivity index (χ4n) is 1.84. The van der Waals surface area contributed by atoms with E-state index in [1.54, 1.807) is 0 Å². The molecule has 3 rings (SSSR count). The van der Waals surface area contributed by atoms with Crippen LogP contribution in [0, 0.1) is 0 Å². The van der Waals surface area contributed by atoms with Crippen LogP contribution in [-0.2, 0) is 0 Å². The van der Waals surface area contributed by atoms with Gasteiger partial charge in [0.2, 0.25) is 0 Å². The third kappa shape index (κ3) is 0.960. The third-order valence-electron chi connectivity index (χ3n) is 2.55. The van der Waals surface area contributed by atoms with Crippen LogP contribution < -0.4 is 4.74 Å². The molecule has 3 nitrogen and oxygen atoms in total. The summed E-state index contributed by atoms with van der Waals surface area (Å²) in [7, 11) is 0. The van der Waals surface area contributed by atoms with Crippen LogP contribution >= 0.6 is 11.6 Å². The summed E-state index contributed by atoms with van der Waals surface area (Å²) < 4.78 is 7.73. The van der Waals surface area contributed by atoms with E-state index in [0.29, 0.717) is 17.7 Å². The summed E-state index contributed by atoms with van der Waals surface area (Å²) in [5.74, 6) is 0.836. The van der Waals surface area contributed by atoms with Crippen molar-refractivity contribution in [2.45, 2.75) is 13.0 Å². The number of benzene rings is 1. The van der Waals surface area contributed by atoms with Gasteiger partial charge in [0, 0.05) is 11.1 Å². The summed E-state index contributed by atoms with van der Waals surface area (Å²) in [6.45, 7) is 2.79. The highest BCUT2D eigenvalue weighted by atomic mass is 35.5. The van der Waals surface area contributed by atoms with Crippen molar-refractivity contribution in [1.82, 2.24) is 9.55 Å². The molecule has 0 bridgehead atoms. The van der Waals surface area contributed by atoms with Crippen molar-refractivity contribution in [2.75, 3.05) is 6.61 Å². The van der Waals surface area contributed by atoms with E-state index < -0.39 is 0 Å². The lowest BCUT2D eigenvalue weighted by molar-refractivity contribution is 0.248. The molecule has 14 heavy (non-hydrogen) atoms. The Kier molecular flexibility index (Phi) is 1.53. The Labute approximate surface area is 86.3 Å². The van der Waals surface area contributed by atoms with Crippen LogP contribution in [0.1, 0.15) is 13.0 Å².